The molecule has 1 unspecified atom stereocenters. The average Bonchev–Trinajstić information content (AvgIpc) is 2.77. The van der Waals surface area contributed by atoms with E-state index in [1.54, 1.807) is 11.3 Å². The van der Waals surface area contributed by atoms with Gasteiger partial charge in [0.25, 0.3) is 0 Å². The maximum absolute atomic E-state index is 12.6. The zero-order valence-electron chi connectivity index (χ0n) is 9.69. The van der Waals surface area contributed by atoms with E-state index in [2.05, 4.69) is 0 Å². The maximum atomic E-state index is 12.6. The van der Waals surface area contributed by atoms with Crippen molar-refractivity contribution in [2.75, 3.05) is 13.1 Å². The molecule has 1 N–H and O–H groups in total. The molecule has 0 aromatic carbocycles. The van der Waals surface area contributed by atoms with Crippen molar-refractivity contribution in [2.24, 2.45) is 0 Å². The SMILES string of the molecule is CC(c1csc(CO)c1)[N+]1([O-])CCCCC1. The van der Waals surface area contributed by atoms with Crippen LogP contribution >= 0.6 is 11.3 Å². The van der Waals surface area contributed by atoms with Gasteiger partial charge in [0, 0.05) is 15.8 Å². The average molecular weight is 241 g/mol. The van der Waals surface area contributed by atoms with E-state index in [0.29, 0.717) is 0 Å². The molecule has 1 saturated heterocycles. The molecule has 1 aliphatic rings. The van der Waals surface area contributed by atoms with Crippen LogP contribution in [0, 0.1) is 5.21 Å². The molecule has 3 nitrogen and oxygen atoms in total. The van der Waals surface area contributed by atoms with Crippen molar-refractivity contribution < 1.29 is 9.75 Å². The molecule has 1 aromatic rings. The van der Waals surface area contributed by atoms with Gasteiger partial charge in [0.15, 0.2) is 0 Å². The summed E-state index contributed by atoms with van der Waals surface area (Å²) in [7, 11) is 0. The van der Waals surface area contributed by atoms with Crippen LogP contribution in [0.5, 0.6) is 0 Å². The fourth-order valence-electron chi connectivity index (χ4n) is 2.41. The second-order valence-electron chi connectivity index (χ2n) is 4.64. The summed E-state index contributed by atoms with van der Waals surface area (Å²) in [6.45, 7) is 3.58. The Morgan fingerprint density at radius 2 is 2.12 bits per heavy atom. The molecule has 1 aliphatic heterocycles. The Labute approximate surface area is 100 Å². The van der Waals surface area contributed by atoms with E-state index in [-0.39, 0.29) is 17.3 Å². The summed E-state index contributed by atoms with van der Waals surface area (Å²) in [4.78, 5) is 0.949. The van der Waals surface area contributed by atoms with Crippen molar-refractivity contribution in [3.8, 4) is 0 Å². The van der Waals surface area contributed by atoms with Gasteiger partial charge in [0.1, 0.15) is 6.04 Å². The van der Waals surface area contributed by atoms with Crippen LogP contribution in [0.3, 0.4) is 0 Å². The quantitative estimate of drug-likeness (QED) is 0.653. The Morgan fingerprint density at radius 3 is 2.69 bits per heavy atom. The van der Waals surface area contributed by atoms with Crippen molar-refractivity contribution in [1.82, 2.24) is 0 Å². The first-order valence-electron chi connectivity index (χ1n) is 5.91. The van der Waals surface area contributed by atoms with Gasteiger partial charge in [-0.2, -0.15) is 0 Å². The van der Waals surface area contributed by atoms with Crippen molar-refractivity contribution in [3.05, 3.63) is 27.1 Å². The lowest BCUT2D eigenvalue weighted by atomic mass is 10.0. The fraction of sp³-hybridized carbons (Fsp3) is 0.667. The Morgan fingerprint density at radius 1 is 1.44 bits per heavy atom. The minimum atomic E-state index is -0.0817. The summed E-state index contributed by atoms with van der Waals surface area (Å²) in [6, 6.07) is 1.99. The van der Waals surface area contributed by atoms with E-state index in [0.717, 1.165) is 36.4 Å². The molecule has 0 radical (unpaired) electrons. The lowest BCUT2D eigenvalue weighted by molar-refractivity contribution is -0.914. The molecule has 4 heteroatoms. The zero-order chi connectivity index (χ0) is 11.6. The second kappa shape index (κ2) is 4.84. The summed E-state index contributed by atoms with van der Waals surface area (Å²) in [5.41, 5.74) is 1.09. The summed E-state index contributed by atoms with van der Waals surface area (Å²) in [6.07, 6.45) is 3.29. The van der Waals surface area contributed by atoms with E-state index in [1.807, 2.05) is 18.4 Å². The molecule has 0 spiro atoms. The number of quaternary nitrogens is 1. The third-order valence-corrected chi connectivity index (χ3v) is 4.53. The molecule has 0 bridgehead atoms. The highest BCUT2D eigenvalue weighted by Gasteiger charge is 2.29. The van der Waals surface area contributed by atoms with Gasteiger partial charge < -0.3 is 15.0 Å². The minimum absolute atomic E-state index is 0.0110. The molecule has 16 heavy (non-hydrogen) atoms. The van der Waals surface area contributed by atoms with Gasteiger partial charge in [-0.1, -0.05) is 0 Å². The maximum Gasteiger partial charge on any atom is 0.112 e. The Hall–Kier alpha value is -0.420. The number of nitrogens with zero attached hydrogens (tertiary/aromatic N) is 1. The van der Waals surface area contributed by atoms with Crippen LogP contribution in [-0.2, 0) is 6.61 Å². The Balaban J connectivity index is 2.13. The zero-order valence-corrected chi connectivity index (χ0v) is 10.5. The van der Waals surface area contributed by atoms with Gasteiger partial charge in [-0.15, -0.1) is 11.3 Å². The standard InChI is InChI=1S/C12H19NO2S/c1-10(11-7-12(8-14)16-9-11)13(15)5-3-2-4-6-13/h7,9-10,14H,2-6,8H2,1H3. The molecular weight excluding hydrogens is 222 g/mol. The Kier molecular flexibility index (Phi) is 3.64. The predicted molar refractivity (Wildman–Crippen MR) is 65.9 cm³/mol. The molecule has 0 amide bonds. The van der Waals surface area contributed by atoms with Crippen LogP contribution in [0.25, 0.3) is 0 Å². The van der Waals surface area contributed by atoms with E-state index in [4.69, 9.17) is 5.11 Å². The van der Waals surface area contributed by atoms with Crippen LogP contribution in [0.4, 0.5) is 0 Å². The largest absolute Gasteiger partial charge is 0.632 e. The second-order valence-corrected chi connectivity index (χ2v) is 5.64. The first-order chi connectivity index (χ1) is 7.65. The number of aliphatic hydroxyl groups excluding tert-OH is 1. The smallest absolute Gasteiger partial charge is 0.112 e. The van der Waals surface area contributed by atoms with Gasteiger partial charge in [0.2, 0.25) is 0 Å². The van der Waals surface area contributed by atoms with E-state index in [9.17, 15) is 5.21 Å². The summed E-state index contributed by atoms with van der Waals surface area (Å²) in [5.74, 6) is 0. The van der Waals surface area contributed by atoms with Gasteiger partial charge >= 0.3 is 0 Å². The van der Waals surface area contributed by atoms with E-state index >= 15 is 0 Å². The monoisotopic (exact) mass is 241 g/mol. The highest BCUT2D eigenvalue weighted by Crippen LogP contribution is 2.33. The first-order valence-corrected chi connectivity index (χ1v) is 6.79. The number of hydroxylamine groups is 3. The van der Waals surface area contributed by atoms with Gasteiger partial charge in [-0.25, -0.2) is 0 Å². The van der Waals surface area contributed by atoms with Crippen LogP contribution < -0.4 is 0 Å². The van der Waals surface area contributed by atoms with Crippen LogP contribution in [0.1, 0.15) is 42.7 Å². The highest BCUT2D eigenvalue weighted by molar-refractivity contribution is 7.10. The molecule has 1 atom stereocenters. The number of likely N-dealkylation sites (tertiary alicyclic amines) is 1. The van der Waals surface area contributed by atoms with Crippen molar-refractivity contribution in [1.29, 1.82) is 0 Å². The van der Waals surface area contributed by atoms with Crippen LogP contribution in [0.15, 0.2) is 11.4 Å². The molecular formula is C12H19NO2S. The fourth-order valence-corrected chi connectivity index (χ4v) is 3.24. The van der Waals surface area contributed by atoms with E-state index in [1.165, 1.54) is 6.42 Å². The molecule has 90 valence electrons. The third-order valence-electron chi connectivity index (χ3n) is 3.59. The summed E-state index contributed by atoms with van der Waals surface area (Å²) >= 11 is 1.54. The number of aliphatic hydroxyl groups is 1. The van der Waals surface area contributed by atoms with Crippen LogP contribution in [0.2, 0.25) is 0 Å². The number of piperidine rings is 1. The summed E-state index contributed by atoms with van der Waals surface area (Å²) < 4.78 is -0.0817. The lowest BCUT2D eigenvalue weighted by Crippen LogP contribution is -2.47. The number of rotatable bonds is 3. The van der Waals surface area contributed by atoms with Gasteiger partial charge in [-0.05, 0) is 32.3 Å². The molecule has 2 heterocycles. The van der Waals surface area contributed by atoms with E-state index < -0.39 is 0 Å². The number of hydrogen-bond acceptors (Lipinski definition) is 3. The third kappa shape index (κ3) is 2.30. The molecule has 0 aliphatic carbocycles. The number of thiophene rings is 1. The lowest BCUT2D eigenvalue weighted by Gasteiger charge is -2.49. The first kappa shape index (κ1) is 12.0. The molecule has 1 aromatic heterocycles. The van der Waals surface area contributed by atoms with Crippen molar-refractivity contribution in [2.45, 2.75) is 38.8 Å². The molecule has 1 fully saturated rings. The molecule has 0 saturated carbocycles. The number of hydrogen-bond donors (Lipinski definition) is 1. The normalized spacial score (nSPS) is 21.9. The molecule has 2 rings (SSSR count). The minimum Gasteiger partial charge on any atom is -0.632 e. The van der Waals surface area contributed by atoms with Crippen molar-refractivity contribution in [3.63, 3.8) is 0 Å². The topological polar surface area (TPSA) is 43.3 Å². The van der Waals surface area contributed by atoms with Gasteiger partial charge in [-0.3, -0.25) is 0 Å². The van der Waals surface area contributed by atoms with Gasteiger partial charge in [0.05, 0.1) is 19.7 Å². The highest BCUT2D eigenvalue weighted by atomic mass is 32.1. The van der Waals surface area contributed by atoms with Crippen LogP contribution in [-0.4, -0.2) is 22.8 Å². The Bertz CT molecular complexity index is 345. The summed E-state index contributed by atoms with van der Waals surface area (Å²) in [5, 5.41) is 23.7. The predicted octanol–water partition coefficient (Wildman–Crippen LogP) is 2.80. The van der Waals surface area contributed by atoms with Crippen molar-refractivity contribution >= 4 is 11.3 Å².